The number of allylic oxidation sites excluding steroid dienone is 6. The van der Waals surface area contributed by atoms with Crippen LogP contribution in [0.25, 0.3) is 76.9 Å². The van der Waals surface area contributed by atoms with Crippen LogP contribution in [0, 0.1) is 5.92 Å². The first kappa shape index (κ1) is 36.8. The van der Waals surface area contributed by atoms with E-state index >= 15 is 0 Å². The van der Waals surface area contributed by atoms with Gasteiger partial charge in [0.2, 0.25) is 0 Å². The molecule has 2 unspecified atom stereocenters. The van der Waals surface area contributed by atoms with E-state index in [2.05, 4.69) is 211 Å². The fourth-order valence-corrected chi connectivity index (χ4v) is 12.7. The van der Waals surface area contributed by atoms with Gasteiger partial charge in [-0.05, 0) is 129 Å². The van der Waals surface area contributed by atoms with Crippen molar-refractivity contribution in [3.05, 3.63) is 234 Å². The van der Waals surface area contributed by atoms with E-state index in [-0.39, 0.29) is 5.41 Å². The molecule has 2 heteroatoms. The van der Waals surface area contributed by atoms with Crippen molar-refractivity contribution in [2.24, 2.45) is 5.92 Å². The molecule has 1 spiro atoms. The number of rotatable bonds is 5. The number of para-hydroxylation sites is 1. The molecular formula is C63H45NO. The Morgan fingerprint density at radius 3 is 2.17 bits per heavy atom. The fourth-order valence-electron chi connectivity index (χ4n) is 12.7. The molecule has 9 aromatic carbocycles. The minimum atomic E-state index is -0.245. The Bertz CT molecular complexity index is 3710. The zero-order valence-electron chi connectivity index (χ0n) is 36.1. The Hall–Kier alpha value is -7.68. The minimum Gasteiger partial charge on any atom is -0.455 e. The molecule has 4 aliphatic rings. The molecule has 2 atom stereocenters. The smallest absolute Gasteiger partial charge is 0.143 e. The van der Waals surface area contributed by atoms with Crippen LogP contribution in [0.3, 0.4) is 0 Å². The number of furan rings is 1. The summed E-state index contributed by atoms with van der Waals surface area (Å²) in [6.45, 7) is 0. The largest absolute Gasteiger partial charge is 0.455 e. The van der Waals surface area contributed by atoms with Crippen LogP contribution in [-0.2, 0) is 5.41 Å². The highest BCUT2D eigenvalue weighted by Crippen LogP contribution is 2.67. The van der Waals surface area contributed by atoms with Crippen LogP contribution < -0.4 is 4.90 Å². The Kier molecular flexibility index (Phi) is 8.01. The molecule has 0 radical (unpaired) electrons. The Labute approximate surface area is 379 Å². The summed E-state index contributed by atoms with van der Waals surface area (Å²) in [4.78, 5) is 2.57. The fraction of sp³-hybridized carbons (Fsp3) is 0.111. The molecule has 1 heterocycles. The van der Waals surface area contributed by atoms with Crippen LogP contribution in [0.1, 0.15) is 43.2 Å². The molecule has 10 aromatic rings. The summed E-state index contributed by atoms with van der Waals surface area (Å²) in [5, 5.41) is 6.95. The van der Waals surface area contributed by atoms with Crippen LogP contribution in [0.4, 0.5) is 17.1 Å². The molecule has 0 saturated heterocycles. The van der Waals surface area contributed by atoms with E-state index in [1.165, 1.54) is 80.1 Å². The quantitative estimate of drug-likeness (QED) is 0.172. The SMILES string of the molecule is C1=CC2=C(CC1)C1=CCCCC1C21c2ccccc2-c2ccc(N(c3ccccc3-c3ccccc3)c3cc4c(oc5cccc(-c6cccc7ccccc67)c54)c4ccccc34)cc21. The number of nitrogens with zero attached hydrogens (tertiary/aromatic N) is 1. The first-order chi connectivity index (χ1) is 32.3. The van der Waals surface area contributed by atoms with E-state index < -0.39 is 0 Å². The predicted octanol–water partition coefficient (Wildman–Crippen LogP) is 17.3. The van der Waals surface area contributed by atoms with Crippen molar-refractivity contribution in [1.29, 1.82) is 0 Å². The Morgan fingerprint density at radius 2 is 1.25 bits per heavy atom. The molecule has 0 bridgehead atoms. The second kappa shape index (κ2) is 14.2. The molecule has 2 nitrogen and oxygen atoms in total. The van der Waals surface area contributed by atoms with Crippen LogP contribution in [0.2, 0.25) is 0 Å². The third-order valence-corrected chi connectivity index (χ3v) is 15.3. The topological polar surface area (TPSA) is 16.4 Å². The number of benzene rings is 9. The zero-order valence-corrected chi connectivity index (χ0v) is 36.1. The highest BCUT2D eigenvalue weighted by atomic mass is 16.3. The van der Waals surface area contributed by atoms with Crippen molar-refractivity contribution in [2.75, 3.05) is 4.90 Å². The molecule has 0 amide bonds. The summed E-state index contributed by atoms with van der Waals surface area (Å²) in [6.07, 6.45) is 13.4. The average Bonchev–Trinajstić information content (AvgIpc) is 4.01. The van der Waals surface area contributed by atoms with Gasteiger partial charge in [0.15, 0.2) is 0 Å². The summed E-state index contributed by atoms with van der Waals surface area (Å²) >= 11 is 0. The van der Waals surface area contributed by atoms with Crippen LogP contribution >= 0.6 is 0 Å². The Balaban J connectivity index is 1.09. The standard InChI is InChI=1S/C63H45NO/c1-2-18-41(19-3-1)44-23-11-15-34-58(44)64(42-36-37-49-48-26-10-14-33-56(48)63(57(49)38-42)54-31-12-8-24-46(54)47-25-9-13-32-55(47)63)59-39-53-61-51(45-29-16-21-40-20-4-5-22-43(40)45)30-17-35-60(61)65-62(53)52-28-7-6-27-50(52)59/h1-7,10-12,14-23,25-31,33-39,55H,8-9,13,24,32H2. The molecule has 65 heavy (non-hydrogen) atoms. The Morgan fingerprint density at radius 1 is 0.523 bits per heavy atom. The summed E-state index contributed by atoms with van der Waals surface area (Å²) < 4.78 is 7.00. The van der Waals surface area contributed by atoms with Gasteiger partial charge in [-0.1, -0.05) is 176 Å². The minimum absolute atomic E-state index is 0.245. The van der Waals surface area contributed by atoms with E-state index in [0.29, 0.717) is 5.92 Å². The van der Waals surface area contributed by atoms with Crippen LogP contribution in [0.15, 0.2) is 227 Å². The lowest BCUT2D eigenvalue weighted by Crippen LogP contribution is -2.34. The number of hydrogen-bond acceptors (Lipinski definition) is 2. The van der Waals surface area contributed by atoms with Gasteiger partial charge in [0.05, 0.1) is 16.8 Å². The molecule has 14 rings (SSSR count). The molecule has 308 valence electrons. The predicted molar refractivity (Wildman–Crippen MR) is 271 cm³/mol. The van der Waals surface area contributed by atoms with Crippen molar-refractivity contribution >= 4 is 60.5 Å². The van der Waals surface area contributed by atoms with E-state index in [0.717, 1.165) is 62.6 Å². The second-order valence-corrected chi connectivity index (χ2v) is 18.4. The molecule has 0 N–H and O–H groups in total. The maximum Gasteiger partial charge on any atom is 0.143 e. The molecule has 0 fully saturated rings. The lowest BCUT2D eigenvalue weighted by Gasteiger charge is -2.39. The maximum absolute atomic E-state index is 7.00. The van der Waals surface area contributed by atoms with Crippen LogP contribution in [-0.4, -0.2) is 0 Å². The van der Waals surface area contributed by atoms with Gasteiger partial charge in [0.25, 0.3) is 0 Å². The van der Waals surface area contributed by atoms with Gasteiger partial charge in [-0.25, -0.2) is 0 Å². The molecule has 0 aliphatic heterocycles. The van der Waals surface area contributed by atoms with Gasteiger partial charge in [0.1, 0.15) is 11.2 Å². The number of hydrogen-bond donors (Lipinski definition) is 0. The third kappa shape index (κ3) is 5.17. The number of fused-ring (bicyclic) bond motifs is 15. The zero-order chi connectivity index (χ0) is 42.6. The summed E-state index contributed by atoms with van der Waals surface area (Å²) in [5.41, 5.74) is 20.1. The molecular weight excluding hydrogens is 787 g/mol. The van der Waals surface area contributed by atoms with Crippen molar-refractivity contribution in [3.8, 4) is 33.4 Å². The van der Waals surface area contributed by atoms with Gasteiger partial charge < -0.3 is 9.32 Å². The van der Waals surface area contributed by atoms with Crippen molar-refractivity contribution in [1.82, 2.24) is 0 Å². The van der Waals surface area contributed by atoms with Gasteiger partial charge in [-0.15, -0.1) is 0 Å². The van der Waals surface area contributed by atoms with Crippen molar-refractivity contribution < 1.29 is 4.42 Å². The lowest BCUT2D eigenvalue weighted by molar-refractivity contribution is 0.409. The molecule has 0 saturated carbocycles. The van der Waals surface area contributed by atoms with Gasteiger partial charge in [-0.3, -0.25) is 0 Å². The third-order valence-electron chi connectivity index (χ3n) is 15.3. The van der Waals surface area contributed by atoms with E-state index in [1.54, 1.807) is 11.1 Å². The summed E-state index contributed by atoms with van der Waals surface area (Å²) in [6, 6.07) is 69.8. The highest BCUT2D eigenvalue weighted by Gasteiger charge is 2.57. The average molecular weight is 832 g/mol. The van der Waals surface area contributed by atoms with Crippen LogP contribution in [0.5, 0.6) is 0 Å². The number of anilines is 3. The van der Waals surface area contributed by atoms with E-state index in [1.807, 2.05) is 0 Å². The first-order valence-corrected chi connectivity index (χ1v) is 23.4. The highest BCUT2D eigenvalue weighted by molar-refractivity contribution is 6.23. The molecule has 1 aromatic heterocycles. The van der Waals surface area contributed by atoms with Crippen molar-refractivity contribution in [2.45, 2.75) is 37.5 Å². The van der Waals surface area contributed by atoms with E-state index in [4.69, 9.17) is 4.42 Å². The molecule has 4 aliphatic carbocycles. The van der Waals surface area contributed by atoms with Gasteiger partial charge in [0, 0.05) is 38.7 Å². The lowest BCUT2D eigenvalue weighted by atomic mass is 9.63. The first-order valence-electron chi connectivity index (χ1n) is 23.4. The maximum atomic E-state index is 7.00. The summed E-state index contributed by atoms with van der Waals surface area (Å²) in [7, 11) is 0. The second-order valence-electron chi connectivity index (χ2n) is 18.4. The van der Waals surface area contributed by atoms with Gasteiger partial charge >= 0.3 is 0 Å². The van der Waals surface area contributed by atoms with Crippen molar-refractivity contribution in [3.63, 3.8) is 0 Å². The monoisotopic (exact) mass is 831 g/mol. The van der Waals surface area contributed by atoms with Gasteiger partial charge in [-0.2, -0.15) is 0 Å². The summed E-state index contributed by atoms with van der Waals surface area (Å²) in [5.74, 6) is 0.411. The normalized spacial score (nSPS) is 18.3. The van der Waals surface area contributed by atoms with E-state index in [9.17, 15) is 0 Å².